The molecule has 1 atom stereocenters. The van der Waals surface area contributed by atoms with Crippen LogP contribution in [0.1, 0.15) is 33.9 Å². The molecule has 0 aliphatic carbocycles. The SMILES string of the molecule is Cc1cc(C)c(C(N)c2ccc(F)c(F)c2)cc1C. The van der Waals surface area contributed by atoms with Gasteiger partial charge < -0.3 is 5.73 Å². The normalized spacial score (nSPS) is 12.5. The number of nitrogens with two attached hydrogens (primary N) is 1. The summed E-state index contributed by atoms with van der Waals surface area (Å²) in [6, 6.07) is 7.42. The van der Waals surface area contributed by atoms with Crippen molar-refractivity contribution in [1.29, 1.82) is 0 Å². The first-order chi connectivity index (χ1) is 8.90. The Morgan fingerprint density at radius 2 is 1.47 bits per heavy atom. The Balaban J connectivity index is 2.46. The van der Waals surface area contributed by atoms with Crippen LogP contribution >= 0.6 is 0 Å². The fourth-order valence-electron chi connectivity index (χ4n) is 2.20. The predicted octanol–water partition coefficient (Wildman–Crippen LogP) is 3.94. The van der Waals surface area contributed by atoms with Crippen molar-refractivity contribution in [1.82, 2.24) is 0 Å². The van der Waals surface area contributed by atoms with Crippen LogP contribution in [0.15, 0.2) is 30.3 Å². The first kappa shape index (κ1) is 13.7. The summed E-state index contributed by atoms with van der Waals surface area (Å²) < 4.78 is 26.2. The molecule has 0 saturated heterocycles. The molecule has 0 aliphatic heterocycles. The highest BCUT2D eigenvalue weighted by Crippen LogP contribution is 2.26. The van der Waals surface area contributed by atoms with E-state index in [1.54, 1.807) is 0 Å². The molecule has 0 bridgehead atoms. The van der Waals surface area contributed by atoms with Gasteiger partial charge in [0.05, 0.1) is 6.04 Å². The number of rotatable bonds is 2. The third-order valence-electron chi connectivity index (χ3n) is 3.52. The van der Waals surface area contributed by atoms with E-state index >= 15 is 0 Å². The van der Waals surface area contributed by atoms with Gasteiger partial charge in [-0.15, -0.1) is 0 Å². The number of hydrogen-bond acceptors (Lipinski definition) is 1. The highest BCUT2D eigenvalue weighted by molar-refractivity contribution is 5.42. The van der Waals surface area contributed by atoms with Crippen molar-refractivity contribution >= 4 is 0 Å². The topological polar surface area (TPSA) is 26.0 Å². The number of hydrogen-bond donors (Lipinski definition) is 1. The number of halogens is 2. The van der Waals surface area contributed by atoms with Crippen molar-refractivity contribution in [3.63, 3.8) is 0 Å². The van der Waals surface area contributed by atoms with Crippen molar-refractivity contribution in [2.24, 2.45) is 5.73 Å². The van der Waals surface area contributed by atoms with Crippen LogP contribution in [-0.2, 0) is 0 Å². The summed E-state index contributed by atoms with van der Waals surface area (Å²) in [4.78, 5) is 0. The Hall–Kier alpha value is -1.74. The van der Waals surface area contributed by atoms with Crippen LogP contribution in [0, 0.1) is 32.4 Å². The summed E-state index contributed by atoms with van der Waals surface area (Å²) in [7, 11) is 0. The van der Waals surface area contributed by atoms with Gasteiger partial charge >= 0.3 is 0 Å². The fraction of sp³-hybridized carbons (Fsp3) is 0.250. The molecule has 100 valence electrons. The van der Waals surface area contributed by atoms with Gasteiger partial charge in [-0.2, -0.15) is 0 Å². The third-order valence-corrected chi connectivity index (χ3v) is 3.52. The van der Waals surface area contributed by atoms with Crippen molar-refractivity contribution in [2.45, 2.75) is 26.8 Å². The van der Waals surface area contributed by atoms with E-state index in [0.29, 0.717) is 5.56 Å². The molecule has 0 heterocycles. The molecule has 0 fully saturated rings. The van der Waals surface area contributed by atoms with E-state index in [4.69, 9.17) is 5.73 Å². The molecule has 19 heavy (non-hydrogen) atoms. The molecule has 0 spiro atoms. The number of benzene rings is 2. The lowest BCUT2D eigenvalue weighted by Crippen LogP contribution is -2.14. The van der Waals surface area contributed by atoms with Crippen molar-refractivity contribution in [2.75, 3.05) is 0 Å². The quantitative estimate of drug-likeness (QED) is 0.870. The largest absolute Gasteiger partial charge is 0.320 e. The highest BCUT2D eigenvalue weighted by atomic mass is 19.2. The van der Waals surface area contributed by atoms with Gasteiger partial charge in [0.15, 0.2) is 11.6 Å². The molecule has 0 amide bonds. The van der Waals surface area contributed by atoms with E-state index in [9.17, 15) is 8.78 Å². The number of aryl methyl sites for hydroxylation is 3. The van der Waals surface area contributed by atoms with Gasteiger partial charge in [-0.25, -0.2) is 8.78 Å². The van der Waals surface area contributed by atoms with E-state index in [1.807, 2.05) is 26.8 Å². The Kier molecular flexibility index (Phi) is 3.67. The molecule has 3 heteroatoms. The maximum atomic E-state index is 13.3. The highest BCUT2D eigenvalue weighted by Gasteiger charge is 2.14. The maximum absolute atomic E-state index is 13.3. The summed E-state index contributed by atoms with van der Waals surface area (Å²) in [6.45, 7) is 6.02. The van der Waals surface area contributed by atoms with Crippen LogP contribution in [0.3, 0.4) is 0 Å². The first-order valence-corrected chi connectivity index (χ1v) is 6.18. The summed E-state index contributed by atoms with van der Waals surface area (Å²) in [5.41, 5.74) is 11.1. The zero-order valence-electron chi connectivity index (χ0n) is 11.3. The molecule has 0 saturated carbocycles. The van der Waals surface area contributed by atoms with Gasteiger partial charge in [-0.1, -0.05) is 18.2 Å². The lowest BCUT2D eigenvalue weighted by atomic mass is 9.92. The second-order valence-electron chi connectivity index (χ2n) is 4.94. The fourth-order valence-corrected chi connectivity index (χ4v) is 2.20. The van der Waals surface area contributed by atoms with Crippen LogP contribution in [0.5, 0.6) is 0 Å². The van der Waals surface area contributed by atoms with Crippen LogP contribution in [0.2, 0.25) is 0 Å². The lowest BCUT2D eigenvalue weighted by molar-refractivity contribution is 0.506. The lowest BCUT2D eigenvalue weighted by Gasteiger charge is -2.17. The van der Waals surface area contributed by atoms with Crippen LogP contribution < -0.4 is 5.73 Å². The Morgan fingerprint density at radius 3 is 2.11 bits per heavy atom. The third kappa shape index (κ3) is 2.66. The molecule has 2 rings (SSSR count). The average molecular weight is 261 g/mol. The zero-order valence-corrected chi connectivity index (χ0v) is 11.3. The van der Waals surface area contributed by atoms with Crippen LogP contribution in [-0.4, -0.2) is 0 Å². The van der Waals surface area contributed by atoms with Gasteiger partial charge in [0.1, 0.15) is 0 Å². The van der Waals surface area contributed by atoms with Gasteiger partial charge in [0, 0.05) is 0 Å². The van der Waals surface area contributed by atoms with Gasteiger partial charge in [0.25, 0.3) is 0 Å². The van der Waals surface area contributed by atoms with E-state index in [0.717, 1.165) is 28.8 Å². The molecule has 0 aromatic heterocycles. The Bertz CT molecular complexity index is 620. The molecule has 2 aromatic rings. The first-order valence-electron chi connectivity index (χ1n) is 6.18. The molecule has 1 unspecified atom stereocenters. The predicted molar refractivity (Wildman–Crippen MR) is 73.0 cm³/mol. The van der Waals surface area contributed by atoms with E-state index in [2.05, 4.69) is 6.07 Å². The molecule has 2 aromatic carbocycles. The van der Waals surface area contributed by atoms with Gasteiger partial charge in [-0.05, 0) is 60.7 Å². The minimum Gasteiger partial charge on any atom is -0.320 e. The minimum atomic E-state index is -0.866. The average Bonchev–Trinajstić information content (AvgIpc) is 2.36. The minimum absolute atomic E-state index is 0.450. The van der Waals surface area contributed by atoms with Crippen molar-refractivity contribution < 1.29 is 8.78 Å². The summed E-state index contributed by atoms with van der Waals surface area (Å²) in [5, 5.41) is 0. The van der Waals surface area contributed by atoms with Crippen molar-refractivity contribution in [3.05, 3.63) is 69.8 Å². The molecule has 1 nitrogen and oxygen atoms in total. The molecular formula is C16H17F2N. The Morgan fingerprint density at radius 1 is 0.842 bits per heavy atom. The Labute approximate surface area is 112 Å². The standard InChI is InChI=1S/C16H17F2N/c1-9-6-11(3)13(7-10(9)2)16(19)12-4-5-14(17)15(18)8-12/h4-8,16H,19H2,1-3H3. The van der Waals surface area contributed by atoms with Crippen LogP contribution in [0.25, 0.3) is 0 Å². The molecule has 2 N–H and O–H groups in total. The monoisotopic (exact) mass is 261 g/mol. The van der Waals surface area contributed by atoms with E-state index < -0.39 is 17.7 Å². The summed E-state index contributed by atoms with van der Waals surface area (Å²) >= 11 is 0. The molecule has 0 aliphatic rings. The van der Waals surface area contributed by atoms with Crippen molar-refractivity contribution in [3.8, 4) is 0 Å². The second-order valence-corrected chi connectivity index (χ2v) is 4.94. The maximum Gasteiger partial charge on any atom is 0.159 e. The van der Waals surface area contributed by atoms with Gasteiger partial charge in [0.2, 0.25) is 0 Å². The van der Waals surface area contributed by atoms with E-state index in [1.165, 1.54) is 11.6 Å². The molecule has 0 radical (unpaired) electrons. The van der Waals surface area contributed by atoms with Crippen LogP contribution in [0.4, 0.5) is 8.78 Å². The smallest absolute Gasteiger partial charge is 0.159 e. The second kappa shape index (κ2) is 5.10. The van der Waals surface area contributed by atoms with E-state index in [-0.39, 0.29) is 0 Å². The zero-order chi connectivity index (χ0) is 14.2. The summed E-state index contributed by atoms with van der Waals surface area (Å²) in [6.07, 6.45) is 0. The van der Waals surface area contributed by atoms with Gasteiger partial charge in [-0.3, -0.25) is 0 Å². The summed E-state index contributed by atoms with van der Waals surface area (Å²) in [5.74, 6) is -1.72. The molecular weight excluding hydrogens is 244 g/mol.